The van der Waals surface area contributed by atoms with E-state index in [1.165, 1.54) is 11.3 Å². The van der Waals surface area contributed by atoms with E-state index in [9.17, 15) is 18.0 Å². The smallest absolute Gasteiger partial charge is 0.337 e. The molecule has 4 heterocycles. The van der Waals surface area contributed by atoms with Gasteiger partial charge in [0.1, 0.15) is 5.69 Å². The van der Waals surface area contributed by atoms with Crippen molar-refractivity contribution in [2.45, 2.75) is 52.1 Å². The lowest BCUT2D eigenvalue weighted by atomic mass is 9.95. The Kier molecular flexibility index (Phi) is 5.34. The zero-order chi connectivity index (χ0) is 21.6. The predicted molar refractivity (Wildman–Crippen MR) is 109 cm³/mol. The fraction of sp³-hybridized carbons (Fsp3) is 0.476. The molecule has 1 unspecified atom stereocenters. The van der Waals surface area contributed by atoms with Crippen LogP contribution in [0.15, 0.2) is 18.2 Å². The highest BCUT2D eigenvalue weighted by molar-refractivity contribution is 7.14. The molecule has 160 valence electrons. The van der Waals surface area contributed by atoms with E-state index in [4.69, 9.17) is 0 Å². The first-order valence-corrected chi connectivity index (χ1v) is 10.8. The van der Waals surface area contributed by atoms with Crippen molar-refractivity contribution >= 4 is 22.9 Å². The Balaban J connectivity index is 1.64. The zero-order valence-corrected chi connectivity index (χ0v) is 17.9. The van der Waals surface area contributed by atoms with Crippen molar-refractivity contribution in [1.29, 1.82) is 0 Å². The molecule has 1 atom stereocenters. The fourth-order valence-corrected chi connectivity index (χ4v) is 4.87. The fourth-order valence-electron chi connectivity index (χ4n) is 3.86. The minimum absolute atomic E-state index is 0.0213. The number of carbonyl (C=O) groups excluding carboxylic acids is 1. The third-order valence-corrected chi connectivity index (χ3v) is 6.80. The minimum Gasteiger partial charge on any atom is -0.337 e. The quantitative estimate of drug-likeness (QED) is 0.580. The van der Waals surface area contributed by atoms with Crippen LogP contribution in [0, 0.1) is 13.8 Å². The number of amides is 1. The highest BCUT2D eigenvalue weighted by Gasteiger charge is 2.36. The van der Waals surface area contributed by atoms with Crippen LogP contribution in [0.2, 0.25) is 0 Å². The molecule has 3 aromatic rings. The summed E-state index contributed by atoms with van der Waals surface area (Å²) in [5.74, 6) is -0.134. The number of alkyl halides is 3. The van der Waals surface area contributed by atoms with Gasteiger partial charge in [0.2, 0.25) is 0 Å². The predicted octanol–water partition coefficient (Wildman–Crippen LogP) is 5.01. The van der Waals surface area contributed by atoms with Crippen LogP contribution in [0.25, 0.3) is 5.65 Å². The molecule has 30 heavy (non-hydrogen) atoms. The van der Waals surface area contributed by atoms with Gasteiger partial charge in [-0.2, -0.15) is 18.3 Å². The van der Waals surface area contributed by atoms with Gasteiger partial charge in [0, 0.05) is 35.6 Å². The zero-order valence-electron chi connectivity index (χ0n) is 17.1. The van der Waals surface area contributed by atoms with Crippen LogP contribution >= 0.6 is 11.3 Å². The van der Waals surface area contributed by atoms with Crippen molar-refractivity contribution in [2.75, 3.05) is 13.1 Å². The topological polar surface area (TPSA) is 50.5 Å². The van der Waals surface area contributed by atoms with E-state index in [1.54, 1.807) is 17.9 Å². The first-order chi connectivity index (χ1) is 14.2. The Morgan fingerprint density at radius 2 is 2.03 bits per heavy atom. The summed E-state index contributed by atoms with van der Waals surface area (Å²) in [6.45, 7) is 6.83. The third-order valence-electron chi connectivity index (χ3n) is 5.66. The van der Waals surface area contributed by atoms with Gasteiger partial charge in [0.25, 0.3) is 5.91 Å². The van der Waals surface area contributed by atoms with Crippen LogP contribution in [0.4, 0.5) is 13.2 Å². The summed E-state index contributed by atoms with van der Waals surface area (Å²) in [6.07, 6.45) is -2.55. The SMILES string of the molecule is CCc1cc(C(F)(F)F)n2nc(C3CCCN(C(=O)c4cc(C)c(C)s4)C3)cc2n1. The maximum absolute atomic E-state index is 13.5. The molecule has 3 aromatic heterocycles. The van der Waals surface area contributed by atoms with Crippen LogP contribution in [0.5, 0.6) is 0 Å². The van der Waals surface area contributed by atoms with Gasteiger partial charge < -0.3 is 4.90 Å². The monoisotopic (exact) mass is 436 g/mol. The van der Waals surface area contributed by atoms with Crippen LogP contribution in [0.1, 0.15) is 62.9 Å². The van der Waals surface area contributed by atoms with Crippen molar-refractivity contribution < 1.29 is 18.0 Å². The average Bonchev–Trinajstić information content (AvgIpc) is 3.29. The molecule has 1 fully saturated rings. The van der Waals surface area contributed by atoms with Crippen molar-refractivity contribution in [1.82, 2.24) is 19.5 Å². The maximum Gasteiger partial charge on any atom is 0.433 e. The lowest BCUT2D eigenvalue weighted by Gasteiger charge is -2.31. The molecule has 0 aromatic carbocycles. The lowest BCUT2D eigenvalue weighted by Crippen LogP contribution is -2.38. The molecule has 0 saturated carbocycles. The summed E-state index contributed by atoms with van der Waals surface area (Å²) in [5.41, 5.74) is 1.41. The Bertz CT molecular complexity index is 1080. The molecular weight excluding hydrogens is 413 g/mol. The van der Waals surface area contributed by atoms with E-state index in [0.29, 0.717) is 35.8 Å². The Morgan fingerprint density at radius 3 is 2.67 bits per heavy atom. The molecule has 1 aliphatic heterocycles. The van der Waals surface area contributed by atoms with E-state index in [-0.39, 0.29) is 17.5 Å². The lowest BCUT2D eigenvalue weighted by molar-refractivity contribution is -0.142. The minimum atomic E-state index is -4.52. The summed E-state index contributed by atoms with van der Waals surface area (Å²) in [5, 5.41) is 4.26. The van der Waals surface area contributed by atoms with Gasteiger partial charge in [0.05, 0.1) is 10.6 Å². The molecule has 0 spiro atoms. The number of fused-ring (bicyclic) bond motifs is 1. The highest BCUT2D eigenvalue weighted by Crippen LogP contribution is 2.33. The van der Waals surface area contributed by atoms with Gasteiger partial charge in [-0.15, -0.1) is 11.3 Å². The number of halogens is 3. The van der Waals surface area contributed by atoms with Crippen molar-refractivity contribution in [3.05, 3.63) is 50.6 Å². The number of hydrogen-bond acceptors (Lipinski definition) is 4. The number of rotatable bonds is 3. The Labute approximate surface area is 176 Å². The second kappa shape index (κ2) is 7.68. The van der Waals surface area contributed by atoms with E-state index in [2.05, 4.69) is 10.1 Å². The van der Waals surface area contributed by atoms with Gasteiger partial charge in [0.15, 0.2) is 5.65 Å². The number of piperidine rings is 1. The number of nitrogens with zero attached hydrogens (tertiary/aromatic N) is 4. The van der Waals surface area contributed by atoms with Crippen LogP contribution in [-0.2, 0) is 12.6 Å². The standard InChI is InChI=1S/C21H23F3N4OS/c1-4-15-9-18(21(22,23)24)28-19(25-15)10-16(26-28)14-6-5-7-27(11-14)20(29)17-8-12(2)13(3)30-17/h8-10,14H,4-7,11H2,1-3H3. The van der Waals surface area contributed by atoms with Crippen molar-refractivity contribution in [3.8, 4) is 0 Å². The number of likely N-dealkylation sites (tertiary alicyclic amines) is 1. The molecule has 1 aliphatic rings. The molecular formula is C21H23F3N4OS. The molecule has 0 aliphatic carbocycles. The molecule has 9 heteroatoms. The number of hydrogen-bond donors (Lipinski definition) is 0. The van der Waals surface area contributed by atoms with E-state index >= 15 is 0 Å². The maximum atomic E-state index is 13.5. The second-order valence-corrected chi connectivity index (χ2v) is 9.02. The number of aromatic nitrogens is 3. The Hall–Kier alpha value is -2.42. The summed E-state index contributed by atoms with van der Waals surface area (Å²) < 4.78 is 41.5. The van der Waals surface area contributed by atoms with Crippen LogP contribution < -0.4 is 0 Å². The normalized spacial score (nSPS) is 17.7. The first kappa shape index (κ1) is 20.8. The highest BCUT2D eigenvalue weighted by atomic mass is 32.1. The molecule has 1 saturated heterocycles. The summed E-state index contributed by atoms with van der Waals surface area (Å²) in [4.78, 5) is 20.9. The van der Waals surface area contributed by atoms with E-state index in [1.807, 2.05) is 19.9 Å². The summed E-state index contributed by atoms with van der Waals surface area (Å²) in [6, 6.07) is 4.59. The molecule has 0 bridgehead atoms. The van der Waals surface area contributed by atoms with Gasteiger partial charge in [-0.1, -0.05) is 6.92 Å². The number of aryl methyl sites for hydroxylation is 3. The van der Waals surface area contributed by atoms with Crippen molar-refractivity contribution in [3.63, 3.8) is 0 Å². The number of carbonyl (C=O) groups is 1. The third kappa shape index (κ3) is 3.82. The summed E-state index contributed by atoms with van der Waals surface area (Å²) in [7, 11) is 0. The Morgan fingerprint density at radius 1 is 1.27 bits per heavy atom. The van der Waals surface area contributed by atoms with E-state index < -0.39 is 11.9 Å². The first-order valence-electron chi connectivity index (χ1n) is 10.0. The van der Waals surface area contributed by atoms with Crippen LogP contribution in [-0.4, -0.2) is 38.5 Å². The van der Waals surface area contributed by atoms with E-state index in [0.717, 1.165) is 33.9 Å². The molecule has 4 rings (SSSR count). The summed E-state index contributed by atoms with van der Waals surface area (Å²) >= 11 is 1.48. The van der Waals surface area contributed by atoms with Crippen molar-refractivity contribution in [2.24, 2.45) is 0 Å². The molecule has 5 nitrogen and oxygen atoms in total. The molecule has 0 N–H and O–H groups in total. The second-order valence-electron chi connectivity index (χ2n) is 7.76. The van der Waals surface area contributed by atoms with Gasteiger partial charge in [-0.25, -0.2) is 9.50 Å². The van der Waals surface area contributed by atoms with Gasteiger partial charge in [-0.3, -0.25) is 4.79 Å². The average molecular weight is 437 g/mol. The van der Waals surface area contributed by atoms with Gasteiger partial charge in [-0.05, 0) is 50.8 Å². The molecule has 0 radical (unpaired) electrons. The molecule has 1 amide bonds. The van der Waals surface area contributed by atoms with Crippen LogP contribution in [0.3, 0.4) is 0 Å². The van der Waals surface area contributed by atoms with Gasteiger partial charge >= 0.3 is 6.18 Å². The number of thiophene rings is 1. The largest absolute Gasteiger partial charge is 0.433 e.